The quantitative estimate of drug-likeness (QED) is 0.199. The molecule has 1 N–H and O–H groups in total. The number of aromatic nitrogens is 2. The van der Waals surface area contributed by atoms with Gasteiger partial charge in [-0.1, -0.05) is 37.1 Å². The van der Waals surface area contributed by atoms with Crippen molar-refractivity contribution in [3.05, 3.63) is 40.3 Å². The summed E-state index contributed by atoms with van der Waals surface area (Å²) in [7, 11) is 3.90. The number of fused-ring (bicyclic) bond motifs is 5. The highest BCUT2D eigenvalue weighted by molar-refractivity contribution is 6.00. The van der Waals surface area contributed by atoms with Gasteiger partial charge in [-0.05, 0) is 102 Å². The van der Waals surface area contributed by atoms with E-state index in [1.54, 1.807) is 0 Å². The topological polar surface area (TPSA) is 100 Å². The molecule has 44 heavy (non-hydrogen) atoms. The number of para-hydroxylation sites is 2. The maximum absolute atomic E-state index is 14.4. The lowest BCUT2D eigenvalue weighted by Gasteiger charge is -2.56. The second kappa shape index (κ2) is 13.7. The maximum atomic E-state index is 14.4. The van der Waals surface area contributed by atoms with Gasteiger partial charge in [-0.2, -0.15) is 0 Å². The first kappa shape index (κ1) is 31.2. The molecule has 0 amide bonds. The number of aliphatic carboxylic acids is 1. The van der Waals surface area contributed by atoms with Crippen LogP contribution in [-0.2, 0) is 9.63 Å². The van der Waals surface area contributed by atoms with Crippen LogP contribution in [0.5, 0.6) is 0 Å². The minimum Gasteiger partial charge on any atom is -0.481 e. The van der Waals surface area contributed by atoms with E-state index in [1.165, 1.54) is 57.8 Å². The van der Waals surface area contributed by atoms with E-state index in [1.807, 2.05) is 47.8 Å². The highest BCUT2D eigenvalue weighted by Crippen LogP contribution is 2.49. The first-order valence-electron chi connectivity index (χ1n) is 17.1. The largest absolute Gasteiger partial charge is 0.481 e. The van der Waals surface area contributed by atoms with Gasteiger partial charge in [0, 0.05) is 37.1 Å². The van der Waals surface area contributed by atoms with Crippen LogP contribution in [0.15, 0.2) is 34.2 Å². The van der Waals surface area contributed by atoms with Gasteiger partial charge in [-0.3, -0.25) is 14.5 Å². The zero-order chi connectivity index (χ0) is 30.8. The second-order valence-corrected chi connectivity index (χ2v) is 14.3. The molecule has 2 aliphatic carbocycles. The predicted molar refractivity (Wildman–Crippen MR) is 173 cm³/mol. The Morgan fingerprint density at radius 1 is 0.977 bits per heavy atom. The molecule has 9 heteroatoms. The second-order valence-electron chi connectivity index (χ2n) is 14.3. The molecule has 1 aromatic carbocycles. The number of carboxylic acids is 1. The number of hydrogen-bond donors (Lipinski definition) is 1. The molecule has 4 bridgehead atoms. The van der Waals surface area contributed by atoms with Crippen molar-refractivity contribution >= 4 is 22.7 Å². The number of piperidine rings is 2. The van der Waals surface area contributed by atoms with Gasteiger partial charge in [-0.25, -0.2) is 4.98 Å². The highest BCUT2D eigenvalue weighted by atomic mass is 16.6. The molecule has 3 heterocycles. The third kappa shape index (κ3) is 6.74. The summed E-state index contributed by atoms with van der Waals surface area (Å²) in [5, 5.41) is 13.7. The molecule has 4 aliphatic rings. The highest BCUT2D eigenvalue weighted by Gasteiger charge is 2.46. The van der Waals surface area contributed by atoms with E-state index in [-0.39, 0.29) is 30.1 Å². The zero-order valence-corrected chi connectivity index (χ0v) is 26.9. The number of carboxylic acid groups (broad SMARTS) is 1. The fourth-order valence-corrected chi connectivity index (χ4v) is 9.21. The normalized spacial score (nSPS) is 30.9. The maximum Gasteiger partial charge on any atom is 0.303 e. The summed E-state index contributed by atoms with van der Waals surface area (Å²) in [5.74, 6) is 1.75. The standard InChI is InChI=1S/C35H51N5O4/c1-4-23-16-24-18-25(17-23)20-28(19-24)39-26-8-7-9-27(39)22-29(21-26)40-32-11-6-5-10-30(32)36-34(35(40)43)31(12-13-33(41)42)37-44-15-14-38(2)3/h5-6,10-11,23-29H,4,7-9,12-22H2,1-3H3,(H,41,42)/b37-31+/t23-,24-,25+,26-,27+,28?,29+. The molecular weight excluding hydrogens is 554 g/mol. The first-order chi connectivity index (χ1) is 21.3. The lowest BCUT2D eigenvalue weighted by Crippen LogP contribution is -2.59. The van der Waals surface area contributed by atoms with E-state index in [2.05, 4.69) is 17.0 Å². The lowest BCUT2D eigenvalue weighted by atomic mass is 9.64. The molecule has 2 aromatic rings. The molecule has 240 valence electrons. The molecule has 2 saturated heterocycles. The lowest BCUT2D eigenvalue weighted by molar-refractivity contribution is -0.136. The van der Waals surface area contributed by atoms with Crippen LogP contribution in [0.4, 0.5) is 0 Å². The number of hydrogen-bond acceptors (Lipinski definition) is 7. The zero-order valence-electron chi connectivity index (χ0n) is 26.9. The Balaban J connectivity index is 1.30. The predicted octanol–water partition coefficient (Wildman–Crippen LogP) is 5.71. The van der Waals surface area contributed by atoms with Crippen molar-refractivity contribution in [2.24, 2.45) is 22.9 Å². The fourth-order valence-electron chi connectivity index (χ4n) is 9.21. The van der Waals surface area contributed by atoms with E-state index >= 15 is 0 Å². The minimum atomic E-state index is -0.940. The van der Waals surface area contributed by atoms with E-state index in [0.717, 1.165) is 41.6 Å². The number of likely N-dealkylation sites (N-methyl/N-ethyl adjacent to an activating group) is 1. The Morgan fingerprint density at radius 3 is 2.34 bits per heavy atom. The third-order valence-corrected chi connectivity index (χ3v) is 11.0. The summed E-state index contributed by atoms with van der Waals surface area (Å²) in [5.41, 5.74) is 1.93. The summed E-state index contributed by atoms with van der Waals surface area (Å²) < 4.78 is 1.98. The first-order valence-corrected chi connectivity index (χ1v) is 17.1. The number of carbonyl (C=O) groups is 1. The summed E-state index contributed by atoms with van der Waals surface area (Å²) in [6.07, 6.45) is 13.8. The van der Waals surface area contributed by atoms with Gasteiger partial charge in [0.2, 0.25) is 0 Å². The molecule has 4 fully saturated rings. The van der Waals surface area contributed by atoms with Gasteiger partial charge >= 0.3 is 5.97 Å². The molecule has 2 aliphatic heterocycles. The summed E-state index contributed by atoms with van der Waals surface area (Å²) >= 11 is 0. The van der Waals surface area contributed by atoms with Crippen molar-refractivity contribution in [2.45, 2.75) is 115 Å². The van der Waals surface area contributed by atoms with Crippen LogP contribution >= 0.6 is 0 Å². The molecule has 0 spiro atoms. The summed E-state index contributed by atoms with van der Waals surface area (Å²) in [6.45, 7) is 3.37. The number of nitrogens with zero attached hydrogens (tertiary/aromatic N) is 5. The van der Waals surface area contributed by atoms with Gasteiger partial charge in [-0.15, -0.1) is 0 Å². The Labute approximate surface area is 261 Å². The van der Waals surface area contributed by atoms with E-state index in [0.29, 0.717) is 37.0 Å². The monoisotopic (exact) mass is 605 g/mol. The molecule has 7 atom stereocenters. The van der Waals surface area contributed by atoms with E-state index in [4.69, 9.17) is 9.82 Å². The molecule has 0 radical (unpaired) electrons. The third-order valence-electron chi connectivity index (χ3n) is 11.0. The van der Waals surface area contributed by atoms with Crippen LogP contribution in [-0.4, -0.2) is 81.5 Å². The SMILES string of the molecule is CC[C@@H]1C[C@H]2CC(N3[C@@H]4CCC[C@H]3C[C@@H](n3c(=O)c(/C(CCC(=O)O)=N/OCCN(C)C)nc5ccccc53)C4)C[C@@H](C1)C2. The van der Waals surface area contributed by atoms with Crippen molar-refractivity contribution in [3.8, 4) is 0 Å². The van der Waals surface area contributed by atoms with Gasteiger partial charge in [0.05, 0.1) is 17.5 Å². The van der Waals surface area contributed by atoms with Crippen LogP contribution in [0.1, 0.15) is 102 Å². The Morgan fingerprint density at radius 2 is 1.68 bits per heavy atom. The van der Waals surface area contributed by atoms with E-state index < -0.39 is 5.97 Å². The summed E-state index contributed by atoms with van der Waals surface area (Å²) in [6, 6.07) is 9.61. The fraction of sp³-hybridized carbons (Fsp3) is 0.714. The van der Waals surface area contributed by atoms with Gasteiger partial charge in [0.25, 0.3) is 5.56 Å². The number of rotatable bonds is 11. The molecule has 2 saturated carbocycles. The molecule has 1 unspecified atom stereocenters. The van der Waals surface area contributed by atoms with Gasteiger partial charge in [0.1, 0.15) is 12.3 Å². The van der Waals surface area contributed by atoms with E-state index in [9.17, 15) is 14.7 Å². The van der Waals surface area contributed by atoms with Gasteiger partial charge in [0.15, 0.2) is 5.69 Å². The summed E-state index contributed by atoms with van der Waals surface area (Å²) in [4.78, 5) is 41.2. The van der Waals surface area contributed by atoms with Crippen LogP contribution in [0, 0.1) is 17.8 Å². The van der Waals surface area contributed by atoms with Crippen LogP contribution < -0.4 is 5.56 Å². The van der Waals surface area contributed by atoms with Crippen LogP contribution in [0.3, 0.4) is 0 Å². The van der Waals surface area contributed by atoms with Crippen LogP contribution in [0.25, 0.3) is 11.0 Å². The van der Waals surface area contributed by atoms with Crippen molar-refractivity contribution in [2.75, 3.05) is 27.2 Å². The van der Waals surface area contributed by atoms with Gasteiger partial charge < -0.3 is 19.4 Å². The Kier molecular flexibility index (Phi) is 9.71. The minimum absolute atomic E-state index is 0.0728. The number of oxime groups is 1. The number of benzene rings is 1. The molecule has 1 aromatic heterocycles. The molecule has 9 nitrogen and oxygen atoms in total. The van der Waals surface area contributed by atoms with Crippen molar-refractivity contribution in [3.63, 3.8) is 0 Å². The average molecular weight is 606 g/mol. The smallest absolute Gasteiger partial charge is 0.303 e. The Hall–Kier alpha value is -2.78. The average Bonchev–Trinajstić information content (AvgIpc) is 2.99. The van der Waals surface area contributed by atoms with Crippen molar-refractivity contribution < 1.29 is 14.7 Å². The molecule has 6 rings (SSSR count). The van der Waals surface area contributed by atoms with Crippen molar-refractivity contribution in [1.29, 1.82) is 0 Å². The van der Waals surface area contributed by atoms with Crippen molar-refractivity contribution in [1.82, 2.24) is 19.4 Å². The Bertz CT molecular complexity index is 1380. The molecular formula is C35H51N5O4. The van der Waals surface area contributed by atoms with Crippen LogP contribution in [0.2, 0.25) is 0 Å².